The lowest BCUT2D eigenvalue weighted by Gasteiger charge is -2.10. The number of aliphatic carboxylic acids is 1. The lowest BCUT2D eigenvalue weighted by atomic mass is 10.1. The topological polar surface area (TPSA) is 105 Å². The Bertz CT molecular complexity index is 894. The van der Waals surface area contributed by atoms with Crippen molar-refractivity contribution in [3.05, 3.63) is 52.0 Å². The number of phenols is 1. The van der Waals surface area contributed by atoms with E-state index in [2.05, 4.69) is 21.2 Å². The zero-order chi connectivity index (χ0) is 20.0. The molecule has 0 aliphatic heterocycles. The van der Waals surface area contributed by atoms with Gasteiger partial charge in [0.25, 0.3) is 0 Å². The second-order valence-electron chi connectivity index (χ2n) is 5.48. The zero-order valence-electron chi connectivity index (χ0n) is 14.7. The van der Waals surface area contributed by atoms with Gasteiger partial charge in [-0.3, -0.25) is 9.59 Å². The molecule has 2 aromatic rings. The molecule has 0 aliphatic rings. The molecule has 0 saturated heterocycles. The Balaban J connectivity index is 2.16. The highest BCUT2D eigenvalue weighted by Crippen LogP contribution is 2.36. The predicted octanol–water partition coefficient (Wildman–Crippen LogP) is 3.45. The number of aromatic hydroxyl groups is 1. The Labute approximate surface area is 164 Å². The minimum Gasteiger partial charge on any atom is -0.506 e. The van der Waals surface area contributed by atoms with E-state index in [0.717, 1.165) is 0 Å². The molecule has 8 heteroatoms. The minimum atomic E-state index is -1.00. The largest absolute Gasteiger partial charge is 0.506 e. The summed E-state index contributed by atoms with van der Waals surface area (Å²) in [6, 6.07) is 7.70. The Morgan fingerprint density at radius 1 is 1.19 bits per heavy atom. The van der Waals surface area contributed by atoms with E-state index < -0.39 is 11.9 Å². The molecule has 2 aromatic carbocycles. The van der Waals surface area contributed by atoms with Crippen LogP contribution in [0.1, 0.15) is 11.1 Å². The van der Waals surface area contributed by atoms with E-state index in [0.29, 0.717) is 27.1 Å². The van der Waals surface area contributed by atoms with Gasteiger partial charge in [-0.2, -0.15) is 0 Å². The monoisotopic (exact) mass is 435 g/mol. The minimum absolute atomic E-state index is 0.136. The van der Waals surface area contributed by atoms with Gasteiger partial charge in [-0.1, -0.05) is 6.07 Å². The van der Waals surface area contributed by atoms with Gasteiger partial charge < -0.3 is 25.0 Å². The summed E-state index contributed by atoms with van der Waals surface area (Å²) in [6.45, 7) is 0. The number of anilines is 1. The number of hydrogen-bond donors (Lipinski definition) is 3. The van der Waals surface area contributed by atoms with Crippen LogP contribution in [0.5, 0.6) is 17.2 Å². The highest BCUT2D eigenvalue weighted by atomic mass is 79.9. The summed E-state index contributed by atoms with van der Waals surface area (Å²) < 4.78 is 11.2. The summed E-state index contributed by atoms with van der Waals surface area (Å²) in [5, 5.41) is 21.2. The SMILES string of the molecule is COc1cc(/C=C/C(=O)Nc2cc(CC(=O)O)ccc2O)cc(Br)c1OC. The summed E-state index contributed by atoms with van der Waals surface area (Å²) in [7, 11) is 3.04. The average Bonchev–Trinajstić information content (AvgIpc) is 2.61. The number of ether oxygens (including phenoxy) is 2. The number of nitrogens with one attached hydrogen (secondary N) is 1. The first kappa shape index (κ1) is 20.3. The number of rotatable bonds is 7. The molecule has 0 atom stereocenters. The number of phenolic OH excluding ortho intramolecular Hbond substituents is 1. The molecular weight excluding hydrogens is 418 g/mol. The van der Waals surface area contributed by atoms with E-state index >= 15 is 0 Å². The van der Waals surface area contributed by atoms with Crippen LogP contribution in [0.25, 0.3) is 6.08 Å². The van der Waals surface area contributed by atoms with Gasteiger partial charge in [0, 0.05) is 6.08 Å². The Morgan fingerprint density at radius 2 is 1.93 bits per heavy atom. The fourth-order valence-electron chi connectivity index (χ4n) is 2.35. The fourth-order valence-corrected chi connectivity index (χ4v) is 2.97. The van der Waals surface area contributed by atoms with Gasteiger partial charge in [-0.05, 0) is 57.4 Å². The van der Waals surface area contributed by atoms with Gasteiger partial charge in [0.15, 0.2) is 11.5 Å². The Kier molecular flexibility index (Phi) is 6.84. The maximum Gasteiger partial charge on any atom is 0.307 e. The number of methoxy groups -OCH3 is 2. The molecule has 3 N–H and O–H groups in total. The van der Waals surface area contributed by atoms with Crippen LogP contribution in [0.4, 0.5) is 5.69 Å². The van der Waals surface area contributed by atoms with Gasteiger partial charge in [-0.25, -0.2) is 0 Å². The third kappa shape index (κ3) is 5.49. The molecule has 0 heterocycles. The number of carbonyl (C=O) groups is 2. The van der Waals surface area contributed by atoms with Gasteiger partial charge in [-0.15, -0.1) is 0 Å². The molecule has 0 spiro atoms. The van der Waals surface area contributed by atoms with Crippen LogP contribution in [0.3, 0.4) is 0 Å². The second-order valence-corrected chi connectivity index (χ2v) is 6.34. The normalized spacial score (nSPS) is 10.6. The highest BCUT2D eigenvalue weighted by molar-refractivity contribution is 9.10. The van der Waals surface area contributed by atoms with Crippen LogP contribution in [-0.4, -0.2) is 36.3 Å². The van der Waals surface area contributed by atoms with Crippen LogP contribution in [0, 0.1) is 0 Å². The first-order valence-corrected chi connectivity index (χ1v) is 8.57. The molecule has 0 fully saturated rings. The number of amides is 1. The third-order valence-electron chi connectivity index (χ3n) is 3.56. The van der Waals surface area contributed by atoms with Crippen molar-refractivity contribution < 1.29 is 29.3 Å². The van der Waals surface area contributed by atoms with Crippen molar-refractivity contribution in [2.24, 2.45) is 0 Å². The summed E-state index contributed by atoms with van der Waals surface area (Å²) >= 11 is 3.38. The highest BCUT2D eigenvalue weighted by Gasteiger charge is 2.10. The lowest BCUT2D eigenvalue weighted by molar-refractivity contribution is -0.136. The van der Waals surface area contributed by atoms with Crippen molar-refractivity contribution >= 4 is 39.6 Å². The summed E-state index contributed by atoms with van der Waals surface area (Å²) in [6.07, 6.45) is 2.65. The van der Waals surface area contributed by atoms with E-state index in [1.54, 1.807) is 18.2 Å². The van der Waals surface area contributed by atoms with E-state index in [-0.39, 0.29) is 17.9 Å². The van der Waals surface area contributed by atoms with Crippen LogP contribution in [-0.2, 0) is 16.0 Å². The maximum atomic E-state index is 12.1. The van der Waals surface area contributed by atoms with E-state index in [4.69, 9.17) is 14.6 Å². The average molecular weight is 436 g/mol. The molecule has 0 bridgehead atoms. The molecule has 2 rings (SSSR count). The molecule has 27 heavy (non-hydrogen) atoms. The van der Waals surface area contributed by atoms with Crippen molar-refractivity contribution in [2.75, 3.05) is 19.5 Å². The summed E-state index contributed by atoms with van der Waals surface area (Å²) in [5.41, 5.74) is 1.29. The number of carbonyl (C=O) groups excluding carboxylic acids is 1. The molecule has 0 unspecified atom stereocenters. The fraction of sp³-hybridized carbons (Fsp3) is 0.158. The number of hydrogen-bond acceptors (Lipinski definition) is 5. The Hall–Kier alpha value is -3.00. The summed E-state index contributed by atoms with van der Waals surface area (Å²) in [5.74, 6) is -0.592. The number of halogens is 1. The van der Waals surface area contributed by atoms with E-state index in [1.165, 1.54) is 38.5 Å². The molecule has 142 valence electrons. The van der Waals surface area contributed by atoms with Crippen LogP contribution >= 0.6 is 15.9 Å². The molecule has 0 saturated carbocycles. The van der Waals surface area contributed by atoms with Crippen molar-refractivity contribution in [3.63, 3.8) is 0 Å². The van der Waals surface area contributed by atoms with Crippen LogP contribution in [0.15, 0.2) is 40.9 Å². The molecule has 0 radical (unpaired) electrons. The van der Waals surface area contributed by atoms with Gasteiger partial charge in [0.2, 0.25) is 5.91 Å². The predicted molar refractivity (Wildman–Crippen MR) is 104 cm³/mol. The van der Waals surface area contributed by atoms with Crippen LogP contribution in [0.2, 0.25) is 0 Å². The first-order valence-electron chi connectivity index (χ1n) is 7.78. The summed E-state index contributed by atoms with van der Waals surface area (Å²) in [4.78, 5) is 22.9. The lowest BCUT2D eigenvalue weighted by Crippen LogP contribution is -2.09. The Morgan fingerprint density at radius 3 is 2.56 bits per heavy atom. The molecule has 1 amide bonds. The molecule has 0 aliphatic carbocycles. The standard InChI is InChI=1S/C19H18BrNO6/c1-26-16-9-11(7-13(20)19(16)27-2)4-6-17(23)21-14-8-12(10-18(24)25)3-5-15(14)22/h3-9,22H,10H2,1-2H3,(H,21,23)(H,24,25)/b6-4+. The zero-order valence-corrected chi connectivity index (χ0v) is 16.2. The van der Waals surface area contributed by atoms with Crippen molar-refractivity contribution in [2.45, 2.75) is 6.42 Å². The van der Waals surface area contributed by atoms with Crippen molar-refractivity contribution in [1.82, 2.24) is 0 Å². The number of benzene rings is 2. The number of carboxylic acid groups (broad SMARTS) is 1. The van der Waals surface area contributed by atoms with Crippen molar-refractivity contribution in [1.29, 1.82) is 0 Å². The molecule has 0 aromatic heterocycles. The van der Waals surface area contributed by atoms with Gasteiger partial charge in [0.05, 0.1) is 30.8 Å². The van der Waals surface area contributed by atoms with E-state index in [9.17, 15) is 14.7 Å². The van der Waals surface area contributed by atoms with Crippen LogP contribution < -0.4 is 14.8 Å². The maximum absolute atomic E-state index is 12.1. The molecular formula is C19H18BrNO6. The van der Waals surface area contributed by atoms with Gasteiger partial charge >= 0.3 is 5.97 Å². The smallest absolute Gasteiger partial charge is 0.307 e. The molecule has 7 nitrogen and oxygen atoms in total. The first-order chi connectivity index (χ1) is 12.8. The third-order valence-corrected chi connectivity index (χ3v) is 4.15. The second kappa shape index (κ2) is 9.09. The van der Waals surface area contributed by atoms with Gasteiger partial charge in [0.1, 0.15) is 5.75 Å². The van der Waals surface area contributed by atoms with Crippen molar-refractivity contribution in [3.8, 4) is 17.2 Å². The quantitative estimate of drug-likeness (QED) is 0.454. The number of carboxylic acids is 1. The van der Waals surface area contributed by atoms with E-state index in [1.807, 2.05) is 0 Å².